The molecule has 0 radical (unpaired) electrons. The molecule has 10 nitrogen and oxygen atoms in total. The highest BCUT2D eigenvalue weighted by atomic mass is 32.2. The number of ether oxygens (including phenoxy) is 2. The zero-order valence-electron chi connectivity index (χ0n) is 22.4. The molecule has 2 heterocycles. The van der Waals surface area contributed by atoms with Crippen LogP contribution in [0.1, 0.15) is 36.8 Å². The largest absolute Gasteiger partial charge is 0.496 e. The third-order valence-electron chi connectivity index (χ3n) is 6.38. The molecule has 0 unspecified atom stereocenters. The van der Waals surface area contributed by atoms with Crippen LogP contribution < -0.4 is 10.1 Å². The molecule has 38 heavy (non-hydrogen) atoms. The van der Waals surface area contributed by atoms with E-state index in [2.05, 4.69) is 10.2 Å². The van der Waals surface area contributed by atoms with Gasteiger partial charge in [-0.1, -0.05) is 18.2 Å². The van der Waals surface area contributed by atoms with Crippen LogP contribution in [-0.4, -0.2) is 80.1 Å². The van der Waals surface area contributed by atoms with Crippen molar-refractivity contribution < 1.29 is 27.5 Å². The van der Waals surface area contributed by atoms with E-state index < -0.39 is 21.5 Å². The Hall–Kier alpha value is -3.57. The molecule has 204 valence electrons. The molecule has 0 aliphatic carbocycles. The Balaban J connectivity index is 1.71. The molecule has 1 fully saturated rings. The molecule has 1 saturated heterocycles. The number of carbonyl (C=O) groups is 2. The molecule has 1 N–H and O–H groups in total. The van der Waals surface area contributed by atoms with Gasteiger partial charge in [0.1, 0.15) is 17.0 Å². The van der Waals surface area contributed by atoms with Gasteiger partial charge in [0, 0.05) is 50.7 Å². The standard InChI is InChI=1S/C27H34N4O6S/c1-27(2,3)37-26(33)30-15-13-29(14-16-30)18-21-20-17-23(25(32)28-4)31(22(20)11-12-24(21)36-5)38(34,35)19-9-7-6-8-10-19/h6-12,17H,13-16,18H2,1-5H3,(H,28,32). The number of aromatic nitrogens is 1. The van der Waals surface area contributed by atoms with Crippen LogP contribution >= 0.6 is 0 Å². The van der Waals surface area contributed by atoms with Crippen LogP contribution in [0.3, 0.4) is 0 Å². The number of fused-ring (bicyclic) bond motifs is 1. The summed E-state index contributed by atoms with van der Waals surface area (Å²) in [6.07, 6.45) is -0.338. The van der Waals surface area contributed by atoms with Crippen LogP contribution in [-0.2, 0) is 21.3 Å². The van der Waals surface area contributed by atoms with Gasteiger partial charge in [-0.3, -0.25) is 9.69 Å². The summed E-state index contributed by atoms with van der Waals surface area (Å²) in [4.78, 5) is 29.3. The van der Waals surface area contributed by atoms with Gasteiger partial charge in [-0.25, -0.2) is 17.2 Å². The molecule has 1 aliphatic rings. The minimum atomic E-state index is -4.07. The topological polar surface area (TPSA) is 110 Å². The van der Waals surface area contributed by atoms with Gasteiger partial charge < -0.3 is 19.7 Å². The van der Waals surface area contributed by atoms with Crippen molar-refractivity contribution in [1.29, 1.82) is 0 Å². The van der Waals surface area contributed by atoms with Crippen molar-refractivity contribution in [2.45, 2.75) is 37.8 Å². The van der Waals surface area contributed by atoms with Crippen LogP contribution in [0.25, 0.3) is 10.9 Å². The lowest BCUT2D eigenvalue weighted by Gasteiger charge is -2.35. The second-order valence-electron chi connectivity index (χ2n) is 10.1. The smallest absolute Gasteiger partial charge is 0.410 e. The summed E-state index contributed by atoms with van der Waals surface area (Å²) >= 11 is 0. The second-order valence-corrected chi connectivity index (χ2v) is 11.9. The SMILES string of the molecule is CNC(=O)c1cc2c(CN3CCN(C(=O)OC(C)(C)C)CC3)c(OC)ccc2n1S(=O)(=O)c1ccccc1. The highest BCUT2D eigenvalue weighted by Crippen LogP contribution is 2.34. The molecule has 1 aromatic heterocycles. The number of carbonyl (C=O) groups excluding carboxylic acids is 2. The van der Waals surface area contributed by atoms with Crippen LogP contribution in [0.5, 0.6) is 5.75 Å². The summed E-state index contributed by atoms with van der Waals surface area (Å²) in [5.74, 6) is 0.0707. The number of rotatable bonds is 6. The van der Waals surface area contributed by atoms with E-state index in [1.807, 2.05) is 20.8 Å². The number of nitrogens with zero attached hydrogens (tertiary/aromatic N) is 3. The van der Waals surface area contributed by atoms with Gasteiger partial charge in [0.2, 0.25) is 0 Å². The highest BCUT2D eigenvalue weighted by molar-refractivity contribution is 7.90. The normalized spacial score (nSPS) is 14.9. The minimum Gasteiger partial charge on any atom is -0.496 e. The van der Waals surface area contributed by atoms with Crippen molar-refractivity contribution in [3.05, 3.63) is 59.8 Å². The zero-order valence-corrected chi connectivity index (χ0v) is 23.2. The van der Waals surface area contributed by atoms with E-state index in [1.165, 1.54) is 19.2 Å². The Bertz CT molecular complexity index is 1440. The Labute approximate surface area is 223 Å². The molecule has 0 saturated carbocycles. The Morgan fingerprint density at radius 2 is 1.66 bits per heavy atom. The molecule has 0 bridgehead atoms. The predicted molar refractivity (Wildman–Crippen MR) is 144 cm³/mol. The number of hydrogen-bond donors (Lipinski definition) is 1. The third kappa shape index (κ3) is 5.48. The molecule has 1 aliphatic heterocycles. The third-order valence-corrected chi connectivity index (χ3v) is 8.12. The molecule has 11 heteroatoms. The number of piperazine rings is 1. The van der Waals surface area contributed by atoms with Gasteiger partial charge in [0.25, 0.3) is 15.9 Å². The Kier molecular flexibility index (Phi) is 7.70. The van der Waals surface area contributed by atoms with E-state index >= 15 is 0 Å². The first-order chi connectivity index (χ1) is 18.0. The van der Waals surface area contributed by atoms with Crippen LogP contribution in [0.4, 0.5) is 4.79 Å². The monoisotopic (exact) mass is 542 g/mol. The van der Waals surface area contributed by atoms with E-state index in [9.17, 15) is 18.0 Å². The van der Waals surface area contributed by atoms with Crippen LogP contribution in [0.15, 0.2) is 53.4 Å². The lowest BCUT2D eigenvalue weighted by atomic mass is 10.1. The summed E-state index contributed by atoms with van der Waals surface area (Å²) in [6.45, 7) is 8.17. The van der Waals surface area contributed by atoms with E-state index in [0.717, 1.165) is 9.54 Å². The summed E-state index contributed by atoms with van der Waals surface area (Å²) in [6, 6.07) is 13.0. The maximum atomic E-state index is 13.7. The molecular weight excluding hydrogens is 508 g/mol. The fourth-order valence-corrected chi connectivity index (χ4v) is 6.06. The minimum absolute atomic E-state index is 0.00982. The molecule has 2 amide bonds. The highest BCUT2D eigenvalue weighted by Gasteiger charge is 2.30. The fraction of sp³-hybridized carbons (Fsp3) is 0.407. The van der Waals surface area contributed by atoms with E-state index in [4.69, 9.17) is 9.47 Å². The first kappa shape index (κ1) is 27.5. The van der Waals surface area contributed by atoms with Crippen molar-refractivity contribution in [2.75, 3.05) is 40.3 Å². The summed E-state index contributed by atoms with van der Waals surface area (Å²) in [7, 11) is -1.04. The lowest BCUT2D eigenvalue weighted by molar-refractivity contribution is 0.0138. The second kappa shape index (κ2) is 10.7. The molecule has 4 rings (SSSR count). The number of benzene rings is 2. The van der Waals surface area contributed by atoms with E-state index in [-0.39, 0.29) is 16.7 Å². The van der Waals surface area contributed by atoms with Gasteiger partial charge in [-0.05, 0) is 51.1 Å². The van der Waals surface area contributed by atoms with Gasteiger partial charge in [-0.2, -0.15) is 0 Å². The molecule has 3 aromatic rings. The molecule has 0 atom stereocenters. The van der Waals surface area contributed by atoms with Crippen molar-refractivity contribution in [1.82, 2.24) is 19.1 Å². The van der Waals surface area contributed by atoms with Crippen molar-refractivity contribution in [2.24, 2.45) is 0 Å². The summed E-state index contributed by atoms with van der Waals surface area (Å²) in [5, 5.41) is 3.16. The number of nitrogens with one attached hydrogen (secondary N) is 1. The summed E-state index contributed by atoms with van der Waals surface area (Å²) in [5.41, 5.74) is 0.599. The van der Waals surface area contributed by atoms with Crippen molar-refractivity contribution >= 4 is 32.9 Å². The van der Waals surface area contributed by atoms with Gasteiger partial charge in [-0.15, -0.1) is 0 Å². The molecular formula is C27H34N4O6S. The lowest BCUT2D eigenvalue weighted by Crippen LogP contribution is -2.49. The molecule has 2 aromatic carbocycles. The fourth-order valence-electron chi connectivity index (χ4n) is 4.53. The average molecular weight is 543 g/mol. The maximum Gasteiger partial charge on any atom is 0.410 e. The first-order valence-electron chi connectivity index (χ1n) is 12.4. The van der Waals surface area contributed by atoms with E-state index in [1.54, 1.807) is 48.4 Å². The van der Waals surface area contributed by atoms with E-state index in [0.29, 0.717) is 49.4 Å². The summed E-state index contributed by atoms with van der Waals surface area (Å²) < 4.78 is 39.6. The van der Waals surface area contributed by atoms with Crippen molar-refractivity contribution in [3.8, 4) is 5.75 Å². The quantitative estimate of drug-likeness (QED) is 0.509. The van der Waals surface area contributed by atoms with Gasteiger partial charge in [0.15, 0.2) is 0 Å². The average Bonchev–Trinajstić information content (AvgIpc) is 3.29. The Morgan fingerprint density at radius 3 is 2.24 bits per heavy atom. The predicted octanol–water partition coefficient (Wildman–Crippen LogP) is 3.30. The van der Waals surface area contributed by atoms with Gasteiger partial charge >= 0.3 is 6.09 Å². The number of methoxy groups -OCH3 is 1. The first-order valence-corrected chi connectivity index (χ1v) is 13.8. The van der Waals surface area contributed by atoms with Gasteiger partial charge in [0.05, 0.1) is 17.5 Å². The number of hydrogen-bond acceptors (Lipinski definition) is 7. The van der Waals surface area contributed by atoms with Crippen molar-refractivity contribution in [3.63, 3.8) is 0 Å². The van der Waals surface area contributed by atoms with Crippen LogP contribution in [0.2, 0.25) is 0 Å². The zero-order chi connectivity index (χ0) is 27.7. The van der Waals surface area contributed by atoms with Crippen LogP contribution in [0, 0.1) is 0 Å². The Morgan fingerprint density at radius 1 is 1.00 bits per heavy atom. The maximum absolute atomic E-state index is 13.7. The molecule has 0 spiro atoms. The number of amides is 2.